The number of sulfonamides is 1. The van der Waals surface area contributed by atoms with Crippen molar-refractivity contribution in [1.82, 2.24) is 29.1 Å². The van der Waals surface area contributed by atoms with Gasteiger partial charge in [-0.15, -0.1) is 5.10 Å². The van der Waals surface area contributed by atoms with Crippen molar-refractivity contribution in [2.24, 2.45) is 18.9 Å². The number of fused-ring (bicyclic) bond motifs is 2. The lowest BCUT2D eigenvalue weighted by molar-refractivity contribution is 0.261. The first-order valence-electron chi connectivity index (χ1n) is 13.2. The van der Waals surface area contributed by atoms with Gasteiger partial charge < -0.3 is 4.74 Å². The molecule has 3 heterocycles. The molecule has 1 aliphatic carbocycles. The summed E-state index contributed by atoms with van der Waals surface area (Å²) in [5, 5.41) is 14.1. The van der Waals surface area contributed by atoms with Crippen LogP contribution in [-0.2, 0) is 22.5 Å². The molecule has 2 aliphatic rings. The maximum atomic E-state index is 13.5. The van der Waals surface area contributed by atoms with Gasteiger partial charge in [-0.05, 0) is 84.6 Å². The standard InChI is InChI=1S/C29H26ClFN6O3S/c1-18-11-27-19(13-33-37(27)22-7-5-21(31)6-8-22)12-24(18)29-17-36(41(38,39)28-14-32-35(2)34-28)15-25(29)26(29)16-40-23-9-3-20(30)4-10-23/h3-14,25-26H,15-17H2,1-2H3/t25-,26?,29+/m1/s1. The molecular formula is C29H26ClFN6O3S. The summed E-state index contributed by atoms with van der Waals surface area (Å²) in [4.78, 5) is 1.25. The molecule has 1 unspecified atom stereocenters. The molecular weight excluding hydrogens is 567 g/mol. The molecule has 5 aromatic rings. The predicted octanol–water partition coefficient (Wildman–Crippen LogP) is 4.52. The molecule has 0 radical (unpaired) electrons. The topological polar surface area (TPSA) is 95.1 Å². The number of halogens is 2. The first-order chi connectivity index (χ1) is 19.7. The van der Waals surface area contributed by atoms with Crippen LogP contribution in [0.4, 0.5) is 4.39 Å². The van der Waals surface area contributed by atoms with Crippen LogP contribution in [-0.4, -0.2) is 57.2 Å². The zero-order chi connectivity index (χ0) is 28.5. The van der Waals surface area contributed by atoms with Gasteiger partial charge in [0.1, 0.15) is 11.6 Å². The molecule has 9 nitrogen and oxygen atoms in total. The highest BCUT2D eigenvalue weighted by molar-refractivity contribution is 7.89. The third-order valence-electron chi connectivity index (χ3n) is 8.45. The van der Waals surface area contributed by atoms with Gasteiger partial charge in [0, 0.05) is 41.9 Å². The zero-order valence-electron chi connectivity index (χ0n) is 22.3. The van der Waals surface area contributed by atoms with Crippen LogP contribution in [0.1, 0.15) is 11.1 Å². The largest absolute Gasteiger partial charge is 0.493 e. The van der Waals surface area contributed by atoms with E-state index >= 15 is 0 Å². The average molecular weight is 593 g/mol. The molecule has 0 N–H and O–H groups in total. The van der Waals surface area contributed by atoms with E-state index in [0.29, 0.717) is 30.5 Å². The zero-order valence-corrected chi connectivity index (χ0v) is 23.8. The summed E-state index contributed by atoms with van der Waals surface area (Å²) in [5.74, 6) is 0.572. The fourth-order valence-electron chi connectivity index (χ4n) is 6.40. The minimum Gasteiger partial charge on any atom is -0.493 e. The highest BCUT2D eigenvalue weighted by Gasteiger charge is 2.71. The van der Waals surface area contributed by atoms with E-state index in [9.17, 15) is 12.8 Å². The van der Waals surface area contributed by atoms with Gasteiger partial charge in [0.15, 0.2) is 0 Å². The van der Waals surface area contributed by atoms with Crippen molar-refractivity contribution in [3.8, 4) is 11.4 Å². The van der Waals surface area contributed by atoms with Gasteiger partial charge in [0.05, 0.1) is 30.2 Å². The van der Waals surface area contributed by atoms with Gasteiger partial charge in [0.2, 0.25) is 5.03 Å². The molecule has 1 aliphatic heterocycles. The van der Waals surface area contributed by atoms with Crippen LogP contribution in [0.15, 0.2) is 78.1 Å². The SMILES string of the molecule is Cc1cc2c(cnn2-c2ccc(F)cc2)cc1[C@@]12CN(S(=O)(=O)c3cnn(C)n3)C[C@@H]1C2COc1ccc(Cl)cc1. The number of piperidine rings is 1. The Hall–Kier alpha value is -3.80. The lowest BCUT2D eigenvalue weighted by atomic mass is 9.88. The minimum absolute atomic E-state index is 0.0573. The van der Waals surface area contributed by atoms with Crippen molar-refractivity contribution >= 4 is 32.5 Å². The van der Waals surface area contributed by atoms with E-state index < -0.39 is 15.4 Å². The molecule has 2 fully saturated rings. The second-order valence-corrected chi connectivity index (χ2v) is 13.1. The predicted molar refractivity (Wildman–Crippen MR) is 151 cm³/mol. The molecule has 3 aromatic carbocycles. The smallest absolute Gasteiger partial charge is 0.264 e. The Balaban J connectivity index is 1.26. The van der Waals surface area contributed by atoms with Crippen molar-refractivity contribution in [2.75, 3.05) is 19.7 Å². The lowest BCUT2D eigenvalue weighted by Gasteiger charge is -2.24. The van der Waals surface area contributed by atoms with Gasteiger partial charge in [0.25, 0.3) is 10.0 Å². The number of benzene rings is 3. The van der Waals surface area contributed by atoms with Crippen LogP contribution >= 0.6 is 11.6 Å². The van der Waals surface area contributed by atoms with Gasteiger partial charge in [-0.1, -0.05) is 11.6 Å². The summed E-state index contributed by atoms with van der Waals surface area (Å²) >= 11 is 6.04. The number of aromatic nitrogens is 5. The van der Waals surface area contributed by atoms with Gasteiger partial charge in [-0.3, -0.25) is 0 Å². The monoisotopic (exact) mass is 592 g/mol. The second kappa shape index (κ2) is 9.37. The Morgan fingerprint density at radius 3 is 2.54 bits per heavy atom. The first kappa shape index (κ1) is 26.1. The number of aryl methyl sites for hydroxylation is 2. The Kier molecular flexibility index (Phi) is 5.97. The summed E-state index contributed by atoms with van der Waals surface area (Å²) < 4.78 is 50.0. The molecule has 0 spiro atoms. The quantitative estimate of drug-likeness (QED) is 0.276. The molecule has 7 rings (SSSR count). The Morgan fingerprint density at radius 1 is 1.07 bits per heavy atom. The minimum atomic E-state index is -3.82. The molecule has 41 heavy (non-hydrogen) atoms. The van der Waals surface area contributed by atoms with Crippen LogP contribution in [0.25, 0.3) is 16.6 Å². The number of rotatable bonds is 7. The highest BCUT2D eigenvalue weighted by atomic mass is 35.5. The van der Waals surface area contributed by atoms with E-state index in [2.05, 4.69) is 27.4 Å². The third-order valence-corrected chi connectivity index (χ3v) is 10.4. The van der Waals surface area contributed by atoms with Crippen molar-refractivity contribution in [3.63, 3.8) is 0 Å². The molecule has 1 saturated heterocycles. The number of hydrogen-bond acceptors (Lipinski definition) is 6. The third kappa shape index (κ3) is 4.22. The molecule has 210 valence electrons. The van der Waals surface area contributed by atoms with Gasteiger partial charge >= 0.3 is 0 Å². The van der Waals surface area contributed by atoms with Crippen LogP contribution in [0.5, 0.6) is 5.75 Å². The molecule has 12 heteroatoms. The molecule has 3 atom stereocenters. The second-order valence-electron chi connectivity index (χ2n) is 10.7. The maximum absolute atomic E-state index is 13.5. The van der Waals surface area contributed by atoms with Crippen LogP contribution < -0.4 is 4.74 Å². The van der Waals surface area contributed by atoms with Gasteiger partial charge in [-0.25, -0.2) is 17.5 Å². The average Bonchev–Trinajstić information content (AvgIpc) is 3.41. The van der Waals surface area contributed by atoms with E-state index in [0.717, 1.165) is 27.7 Å². The first-order valence-corrected chi connectivity index (χ1v) is 15.0. The Morgan fingerprint density at radius 2 is 1.83 bits per heavy atom. The fraction of sp³-hybridized carbons (Fsp3) is 0.276. The highest BCUT2D eigenvalue weighted by Crippen LogP contribution is 2.65. The maximum Gasteiger partial charge on any atom is 0.264 e. The normalized spacial score (nSPS) is 22.2. The van der Waals surface area contributed by atoms with E-state index in [4.69, 9.17) is 16.3 Å². The Bertz CT molecular complexity index is 1890. The van der Waals surface area contributed by atoms with Crippen molar-refractivity contribution < 1.29 is 17.5 Å². The van der Waals surface area contributed by atoms with Crippen molar-refractivity contribution in [1.29, 1.82) is 0 Å². The van der Waals surface area contributed by atoms with Crippen molar-refractivity contribution in [2.45, 2.75) is 17.4 Å². The summed E-state index contributed by atoms with van der Waals surface area (Å²) in [5.41, 5.74) is 3.32. The molecule has 2 aromatic heterocycles. The number of hydrogen-bond donors (Lipinski definition) is 0. The van der Waals surface area contributed by atoms with Crippen LogP contribution in [0, 0.1) is 24.6 Å². The van der Waals surface area contributed by atoms with Crippen LogP contribution in [0.2, 0.25) is 5.02 Å². The summed E-state index contributed by atoms with van der Waals surface area (Å²) in [6.45, 7) is 3.15. The number of ether oxygens (including phenoxy) is 1. The molecule has 0 bridgehead atoms. The van der Waals surface area contributed by atoms with Gasteiger partial charge in [-0.2, -0.15) is 19.3 Å². The summed E-state index contributed by atoms with van der Waals surface area (Å²) in [7, 11) is -2.22. The summed E-state index contributed by atoms with van der Waals surface area (Å²) in [6, 6.07) is 17.6. The fourth-order valence-corrected chi connectivity index (χ4v) is 7.93. The summed E-state index contributed by atoms with van der Waals surface area (Å²) in [6.07, 6.45) is 3.08. The van der Waals surface area contributed by atoms with E-state index in [1.54, 1.807) is 42.2 Å². The van der Waals surface area contributed by atoms with Crippen LogP contribution in [0.3, 0.4) is 0 Å². The van der Waals surface area contributed by atoms with E-state index in [-0.39, 0.29) is 22.7 Å². The number of nitrogens with zero attached hydrogens (tertiary/aromatic N) is 6. The van der Waals surface area contributed by atoms with Crippen molar-refractivity contribution in [3.05, 3.63) is 95.0 Å². The lowest BCUT2D eigenvalue weighted by Crippen LogP contribution is -2.36. The Labute approximate surface area is 241 Å². The molecule has 0 amide bonds. The van der Waals surface area contributed by atoms with E-state index in [1.165, 1.54) is 27.4 Å². The van der Waals surface area contributed by atoms with E-state index in [1.807, 2.05) is 19.1 Å². The molecule has 1 saturated carbocycles.